The number of hydrogen-bond donors (Lipinski definition) is 1. The van der Waals surface area contributed by atoms with Crippen molar-refractivity contribution < 1.29 is 4.74 Å². The summed E-state index contributed by atoms with van der Waals surface area (Å²) in [6, 6.07) is 0. The number of nitrogen functional groups attached to an aromatic ring is 1. The fourth-order valence-electron chi connectivity index (χ4n) is 1.98. The number of nitrogens with zero attached hydrogens (tertiary/aromatic N) is 4. The van der Waals surface area contributed by atoms with E-state index in [2.05, 4.69) is 30.8 Å². The maximum absolute atomic E-state index is 5.84. The van der Waals surface area contributed by atoms with Gasteiger partial charge < -0.3 is 15.4 Å². The molecule has 3 rings (SSSR count). The summed E-state index contributed by atoms with van der Waals surface area (Å²) in [6.07, 6.45) is 3.83. The van der Waals surface area contributed by atoms with Crippen LogP contribution in [0.25, 0.3) is 5.52 Å². The third-order valence-electron chi connectivity index (χ3n) is 2.99. The number of fused-ring (bicyclic) bond motifs is 1. The monoisotopic (exact) mass is 297 g/mol. The first-order valence-electron chi connectivity index (χ1n) is 5.26. The fraction of sp³-hybridized carbons (Fsp3) is 0.400. The Balaban J connectivity index is 2.04. The van der Waals surface area contributed by atoms with E-state index in [1.807, 2.05) is 10.6 Å². The Hall–Kier alpha value is -1.34. The first-order valence-corrected chi connectivity index (χ1v) is 6.05. The minimum atomic E-state index is 0.292. The number of ether oxygens (including phenoxy) is 1. The van der Waals surface area contributed by atoms with Crippen molar-refractivity contribution in [2.24, 2.45) is 0 Å². The van der Waals surface area contributed by atoms with Crippen molar-refractivity contribution in [2.75, 3.05) is 30.8 Å². The van der Waals surface area contributed by atoms with Gasteiger partial charge in [-0.2, -0.15) is 0 Å². The van der Waals surface area contributed by atoms with Crippen molar-refractivity contribution in [3.05, 3.63) is 17.0 Å². The molecule has 0 spiro atoms. The number of imidazole rings is 1. The number of hydrogen-bond acceptors (Lipinski definition) is 5. The zero-order valence-corrected chi connectivity index (χ0v) is 10.9. The zero-order valence-electron chi connectivity index (χ0n) is 9.30. The lowest BCUT2D eigenvalue weighted by molar-refractivity contribution is 0.0777. The molecule has 1 saturated heterocycles. The zero-order chi connectivity index (χ0) is 12.0. The Bertz CT molecular complexity index is 563. The van der Waals surface area contributed by atoms with Crippen molar-refractivity contribution in [1.29, 1.82) is 0 Å². The molecule has 7 heteroatoms. The van der Waals surface area contributed by atoms with Crippen LogP contribution in [0.1, 0.15) is 0 Å². The molecule has 0 unspecified atom stereocenters. The molecule has 1 aliphatic rings. The van der Waals surface area contributed by atoms with E-state index < -0.39 is 0 Å². The quantitative estimate of drug-likeness (QED) is 0.892. The molecule has 0 radical (unpaired) electrons. The Morgan fingerprint density at radius 1 is 1.53 bits per heavy atom. The summed E-state index contributed by atoms with van der Waals surface area (Å²) < 4.78 is 7.92. The van der Waals surface area contributed by atoms with Crippen LogP contribution in [-0.2, 0) is 4.74 Å². The van der Waals surface area contributed by atoms with Gasteiger partial charge in [0.05, 0.1) is 6.10 Å². The first kappa shape index (κ1) is 10.8. The SMILES string of the molecule is COC1CN(c2nc(Br)c3c(N)nccn23)C1. The highest BCUT2D eigenvalue weighted by molar-refractivity contribution is 9.10. The van der Waals surface area contributed by atoms with Crippen molar-refractivity contribution in [1.82, 2.24) is 14.4 Å². The smallest absolute Gasteiger partial charge is 0.211 e. The molecule has 17 heavy (non-hydrogen) atoms. The van der Waals surface area contributed by atoms with E-state index >= 15 is 0 Å². The van der Waals surface area contributed by atoms with Crippen LogP contribution in [0.5, 0.6) is 0 Å². The average molecular weight is 298 g/mol. The third-order valence-corrected chi connectivity index (χ3v) is 3.54. The number of halogens is 1. The number of aromatic nitrogens is 3. The molecular formula is C10H12BrN5O. The Morgan fingerprint density at radius 3 is 3.00 bits per heavy atom. The lowest BCUT2D eigenvalue weighted by Gasteiger charge is -2.38. The van der Waals surface area contributed by atoms with Gasteiger partial charge in [-0.1, -0.05) is 0 Å². The predicted octanol–water partition coefficient (Wildman–Crippen LogP) is 0.909. The fourth-order valence-corrected chi connectivity index (χ4v) is 2.53. The van der Waals surface area contributed by atoms with Crippen LogP contribution in [0.15, 0.2) is 17.0 Å². The van der Waals surface area contributed by atoms with Gasteiger partial charge in [-0.15, -0.1) is 0 Å². The second-order valence-corrected chi connectivity index (χ2v) is 4.75. The number of methoxy groups -OCH3 is 1. The minimum Gasteiger partial charge on any atom is -0.382 e. The summed E-state index contributed by atoms with van der Waals surface area (Å²) >= 11 is 3.41. The maximum atomic E-state index is 5.84. The van der Waals surface area contributed by atoms with E-state index in [9.17, 15) is 0 Å². The van der Waals surface area contributed by atoms with Crippen LogP contribution in [0.3, 0.4) is 0 Å². The van der Waals surface area contributed by atoms with Gasteiger partial charge in [0, 0.05) is 32.6 Å². The largest absolute Gasteiger partial charge is 0.382 e. The molecule has 0 bridgehead atoms. The van der Waals surface area contributed by atoms with E-state index in [1.54, 1.807) is 13.3 Å². The van der Waals surface area contributed by atoms with Crippen molar-refractivity contribution in [3.63, 3.8) is 0 Å². The molecule has 0 atom stereocenters. The highest BCUT2D eigenvalue weighted by Gasteiger charge is 2.30. The minimum absolute atomic E-state index is 0.292. The Morgan fingerprint density at radius 2 is 2.29 bits per heavy atom. The van der Waals surface area contributed by atoms with Crippen molar-refractivity contribution in [3.8, 4) is 0 Å². The van der Waals surface area contributed by atoms with E-state index in [0.717, 1.165) is 29.2 Å². The van der Waals surface area contributed by atoms with Crippen LogP contribution < -0.4 is 10.6 Å². The molecule has 90 valence electrons. The second-order valence-electron chi connectivity index (χ2n) is 4.00. The summed E-state index contributed by atoms with van der Waals surface area (Å²) in [6.45, 7) is 1.70. The van der Waals surface area contributed by atoms with Gasteiger partial charge in [-0.25, -0.2) is 9.97 Å². The van der Waals surface area contributed by atoms with E-state index in [1.165, 1.54) is 0 Å². The number of anilines is 2. The molecule has 1 aliphatic heterocycles. The van der Waals surface area contributed by atoms with Gasteiger partial charge in [0.2, 0.25) is 5.95 Å². The van der Waals surface area contributed by atoms with Gasteiger partial charge in [0.15, 0.2) is 5.82 Å². The van der Waals surface area contributed by atoms with Crippen LogP contribution >= 0.6 is 15.9 Å². The van der Waals surface area contributed by atoms with E-state index in [4.69, 9.17) is 10.5 Å². The topological polar surface area (TPSA) is 68.7 Å². The van der Waals surface area contributed by atoms with Gasteiger partial charge in [-0.05, 0) is 15.9 Å². The third kappa shape index (κ3) is 1.57. The molecule has 2 aromatic heterocycles. The van der Waals surface area contributed by atoms with E-state index in [0.29, 0.717) is 11.9 Å². The van der Waals surface area contributed by atoms with Crippen LogP contribution in [-0.4, -0.2) is 40.7 Å². The molecule has 0 aliphatic carbocycles. The number of nitrogens with two attached hydrogens (primary N) is 1. The standard InChI is InChI=1S/C10H12BrN5O/c1-17-6-4-15(5-6)10-14-8(11)7-9(12)13-2-3-16(7)10/h2-3,6H,4-5H2,1H3,(H2,12,13). The summed E-state index contributed by atoms with van der Waals surface area (Å²) in [5, 5.41) is 0. The van der Waals surface area contributed by atoms with Crippen LogP contribution in [0, 0.1) is 0 Å². The van der Waals surface area contributed by atoms with E-state index in [-0.39, 0.29) is 0 Å². The molecule has 2 aromatic rings. The summed E-state index contributed by atoms with van der Waals surface area (Å²) in [5.74, 6) is 1.34. The Kier molecular flexibility index (Phi) is 2.44. The van der Waals surface area contributed by atoms with Crippen molar-refractivity contribution >= 4 is 33.2 Å². The molecule has 0 amide bonds. The summed E-state index contributed by atoms with van der Waals surface area (Å²) in [7, 11) is 1.73. The van der Waals surface area contributed by atoms with Gasteiger partial charge in [0.1, 0.15) is 10.1 Å². The summed E-state index contributed by atoms with van der Waals surface area (Å²) in [4.78, 5) is 10.7. The molecule has 2 N–H and O–H groups in total. The molecular weight excluding hydrogens is 286 g/mol. The first-order chi connectivity index (χ1) is 8.20. The molecule has 0 aromatic carbocycles. The highest BCUT2D eigenvalue weighted by Crippen LogP contribution is 2.29. The lowest BCUT2D eigenvalue weighted by Crippen LogP contribution is -2.52. The van der Waals surface area contributed by atoms with Crippen LogP contribution in [0.4, 0.5) is 11.8 Å². The van der Waals surface area contributed by atoms with Crippen molar-refractivity contribution in [2.45, 2.75) is 6.10 Å². The molecule has 6 nitrogen and oxygen atoms in total. The lowest BCUT2D eigenvalue weighted by atomic mass is 10.2. The summed E-state index contributed by atoms with van der Waals surface area (Å²) in [5.41, 5.74) is 6.65. The normalized spacial score (nSPS) is 16.5. The van der Waals surface area contributed by atoms with Crippen LogP contribution in [0.2, 0.25) is 0 Å². The molecule has 0 saturated carbocycles. The second kappa shape index (κ2) is 3.85. The number of rotatable bonds is 2. The van der Waals surface area contributed by atoms with Gasteiger partial charge >= 0.3 is 0 Å². The predicted molar refractivity (Wildman–Crippen MR) is 68.1 cm³/mol. The molecule has 1 fully saturated rings. The van der Waals surface area contributed by atoms with Gasteiger partial charge in [-0.3, -0.25) is 4.40 Å². The highest BCUT2D eigenvalue weighted by atomic mass is 79.9. The van der Waals surface area contributed by atoms with Gasteiger partial charge in [0.25, 0.3) is 0 Å². The average Bonchev–Trinajstić information content (AvgIpc) is 2.56. The maximum Gasteiger partial charge on any atom is 0.211 e. The molecule has 3 heterocycles. The Labute approximate surface area is 107 Å².